The van der Waals surface area contributed by atoms with Gasteiger partial charge in [-0.05, 0) is 48.6 Å². The molecule has 2 amide bonds. The molecule has 31 heavy (non-hydrogen) atoms. The number of nitro benzene ring substituents is 1. The van der Waals surface area contributed by atoms with Gasteiger partial charge in [0.15, 0.2) is 5.11 Å². The van der Waals surface area contributed by atoms with Crippen molar-refractivity contribution in [1.29, 1.82) is 0 Å². The fourth-order valence-electron chi connectivity index (χ4n) is 2.63. The molecule has 0 saturated heterocycles. The first-order valence-electron chi connectivity index (χ1n) is 8.87. The highest BCUT2D eigenvalue weighted by Gasteiger charge is 2.18. The van der Waals surface area contributed by atoms with Gasteiger partial charge in [0, 0.05) is 17.3 Å². The number of hydrogen-bond acceptors (Lipinski definition) is 5. The molecule has 0 radical (unpaired) electrons. The van der Waals surface area contributed by atoms with Gasteiger partial charge in [-0.2, -0.15) is 0 Å². The van der Waals surface area contributed by atoms with Gasteiger partial charge in [-0.15, -0.1) is 0 Å². The first kappa shape index (κ1) is 21.9. The molecule has 10 heteroatoms. The number of nitro groups is 1. The van der Waals surface area contributed by atoms with Crippen LogP contribution in [0.1, 0.15) is 20.7 Å². The van der Waals surface area contributed by atoms with E-state index in [9.17, 15) is 19.7 Å². The van der Waals surface area contributed by atoms with Gasteiger partial charge in [0.25, 0.3) is 17.5 Å². The van der Waals surface area contributed by atoms with Crippen molar-refractivity contribution in [2.24, 2.45) is 0 Å². The Morgan fingerprint density at radius 3 is 2.29 bits per heavy atom. The van der Waals surface area contributed by atoms with E-state index in [-0.39, 0.29) is 21.6 Å². The largest absolute Gasteiger partial charge is 0.332 e. The first-order chi connectivity index (χ1) is 14.8. The number of para-hydroxylation sites is 2. The number of hydrogen-bond donors (Lipinski definition) is 3. The number of thiocarbonyl (C=S) groups is 1. The van der Waals surface area contributed by atoms with Crippen molar-refractivity contribution in [3.05, 3.63) is 99.1 Å². The third kappa shape index (κ3) is 5.62. The van der Waals surface area contributed by atoms with Crippen LogP contribution in [0.15, 0.2) is 72.8 Å². The summed E-state index contributed by atoms with van der Waals surface area (Å²) < 4.78 is 0. The molecule has 0 aliphatic heterocycles. The summed E-state index contributed by atoms with van der Waals surface area (Å²) in [4.78, 5) is 35.4. The predicted molar refractivity (Wildman–Crippen MR) is 123 cm³/mol. The second-order valence-corrected chi connectivity index (χ2v) is 7.01. The van der Waals surface area contributed by atoms with Gasteiger partial charge in [-0.3, -0.25) is 25.0 Å². The average Bonchev–Trinajstić information content (AvgIpc) is 2.74. The fourth-order valence-corrected chi connectivity index (χ4v) is 3.02. The standard InChI is InChI=1S/C21H15ClN4O4S/c22-16-11-10-13(12-18(16)26(29)30)19(27)25-21(31)24-17-9-5-4-8-15(17)20(28)23-14-6-2-1-3-7-14/h1-12H,(H,23,28)(H2,24,25,27,31). The van der Waals surface area contributed by atoms with Crippen LogP contribution < -0.4 is 16.0 Å². The molecule has 0 saturated carbocycles. The lowest BCUT2D eigenvalue weighted by Gasteiger charge is -2.13. The zero-order valence-electron chi connectivity index (χ0n) is 15.8. The van der Waals surface area contributed by atoms with Crippen LogP contribution in [0.25, 0.3) is 0 Å². The SMILES string of the molecule is O=C(NC(=S)Nc1ccccc1C(=O)Nc1ccccc1)c1ccc(Cl)c([N+](=O)[O-])c1. The summed E-state index contributed by atoms with van der Waals surface area (Å²) in [6, 6.07) is 19.2. The van der Waals surface area contributed by atoms with Crippen LogP contribution in [0.5, 0.6) is 0 Å². The lowest BCUT2D eigenvalue weighted by Crippen LogP contribution is -2.34. The zero-order valence-corrected chi connectivity index (χ0v) is 17.4. The summed E-state index contributed by atoms with van der Waals surface area (Å²) in [5, 5.41) is 18.9. The van der Waals surface area contributed by atoms with Crippen LogP contribution in [0.2, 0.25) is 5.02 Å². The third-order valence-electron chi connectivity index (χ3n) is 4.08. The Labute approximate surface area is 187 Å². The summed E-state index contributed by atoms with van der Waals surface area (Å²) in [5.74, 6) is -1.03. The lowest BCUT2D eigenvalue weighted by atomic mass is 10.1. The third-order valence-corrected chi connectivity index (χ3v) is 4.61. The minimum absolute atomic E-state index is 0.00959. The van der Waals surface area contributed by atoms with E-state index in [1.807, 2.05) is 6.07 Å². The highest BCUT2D eigenvalue weighted by molar-refractivity contribution is 7.80. The fraction of sp³-hybridized carbons (Fsp3) is 0. The molecule has 3 rings (SSSR count). The number of amides is 2. The van der Waals surface area contributed by atoms with Crippen LogP contribution in [0, 0.1) is 10.1 Å². The Balaban J connectivity index is 1.71. The number of nitrogens with zero attached hydrogens (tertiary/aromatic N) is 1. The van der Waals surface area contributed by atoms with E-state index in [0.29, 0.717) is 16.9 Å². The van der Waals surface area contributed by atoms with Gasteiger partial charge >= 0.3 is 0 Å². The zero-order chi connectivity index (χ0) is 22.4. The van der Waals surface area contributed by atoms with Crippen LogP contribution in [-0.2, 0) is 0 Å². The van der Waals surface area contributed by atoms with E-state index in [2.05, 4.69) is 16.0 Å². The normalized spacial score (nSPS) is 10.1. The van der Waals surface area contributed by atoms with Gasteiger partial charge in [0.2, 0.25) is 0 Å². The Kier molecular flexibility index (Phi) is 6.91. The number of halogens is 1. The van der Waals surface area contributed by atoms with E-state index < -0.39 is 16.5 Å². The molecular formula is C21H15ClN4O4S. The maximum absolute atomic E-state index is 12.6. The predicted octanol–water partition coefficient (Wildman–Crippen LogP) is 4.63. The van der Waals surface area contributed by atoms with Gasteiger partial charge in [-0.25, -0.2) is 0 Å². The maximum Gasteiger partial charge on any atom is 0.288 e. The molecule has 0 spiro atoms. The highest BCUT2D eigenvalue weighted by Crippen LogP contribution is 2.25. The molecule has 0 bridgehead atoms. The molecule has 3 aromatic carbocycles. The van der Waals surface area contributed by atoms with E-state index in [0.717, 1.165) is 6.07 Å². The molecule has 8 nitrogen and oxygen atoms in total. The van der Waals surface area contributed by atoms with Crippen molar-refractivity contribution >= 4 is 57.8 Å². The summed E-state index contributed by atoms with van der Waals surface area (Å²) >= 11 is 10.9. The topological polar surface area (TPSA) is 113 Å². The minimum Gasteiger partial charge on any atom is -0.332 e. The molecule has 0 aliphatic rings. The van der Waals surface area contributed by atoms with Gasteiger partial charge < -0.3 is 10.6 Å². The number of carbonyl (C=O) groups is 2. The molecule has 0 unspecified atom stereocenters. The van der Waals surface area contributed by atoms with Crippen LogP contribution in [0.4, 0.5) is 17.1 Å². The van der Waals surface area contributed by atoms with Crippen molar-refractivity contribution in [1.82, 2.24) is 5.32 Å². The molecule has 0 heterocycles. The number of nitrogens with one attached hydrogen (secondary N) is 3. The maximum atomic E-state index is 12.6. The van der Waals surface area contributed by atoms with Crippen molar-refractivity contribution < 1.29 is 14.5 Å². The molecule has 0 aliphatic carbocycles. The number of rotatable bonds is 5. The Morgan fingerprint density at radius 2 is 1.58 bits per heavy atom. The highest BCUT2D eigenvalue weighted by atomic mass is 35.5. The van der Waals surface area contributed by atoms with E-state index >= 15 is 0 Å². The van der Waals surface area contributed by atoms with Crippen LogP contribution in [-0.4, -0.2) is 21.9 Å². The number of benzene rings is 3. The van der Waals surface area contributed by atoms with Crippen LogP contribution in [0.3, 0.4) is 0 Å². The lowest BCUT2D eigenvalue weighted by molar-refractivity contribution is -0.384. The second-order valence-electron chi connectivity index (χ2n) is 6.20. The summed E-state index contributed by atoms with van der Waals surface area (Å²) in [6.45, 7) is 0. The van der Waals surface area contributed by atoms with Crippen LogP contribution >= 0.6 is 23.8 Å². The Bertz CT molecular complexity index is 1170. The first-order valence-corrected chi connectivity index (χ1v) is 9.65. The smallest absolute Gasteiger partial charge is 0.288 e. The molecule has 156 valence electrons. The quantitative estimate of drug-likeness (QED) is 0.294. The van der Waals surface area contributed by atoms with Gasteiger partial charge in [0.05, 0.1) is 16.2 Å². The van der Waals surface area contributed by atoms with Crippen molar-refractivity contribution in [2.45, 2.75) is 0 Å². The monoisotopic (exact) mass is 454 g/mol. The molecular weight excluding hydrogens is 440 g/mol. The van der Waals surface area contributed by atoms with E-state index in [1.165, 1.54) is 12.1 Å². The Hall–Kier alpha value is -3.82. The molecule has 0 aromatic heterocycles. The summed E-state index contributed by atoms with van der Waals surface area (Å²) in [6.07, 6.45) is 0. The van der Waals surface area contributed by atoms with Crippen molar-refractivity contribution in [2.75, 3.05) is 10.6 Å². The van der Waals surface area contributed by atoms with E-state index in [1.54, 1.807) is 48.5 Å². The summed E-state index contributed by atoms with van der Waals surface area (Å²) in [5.41, 5.74) is 0.933. The van der Waals surface area contributed by atoms with E-state index in [4.69, 9.17) is 23.8 Å². The molecule has 3 N–H and O–H groups in total. The second kappa shape index (κ2) is 9.79. The van der Waals surface area contributed by atoms with Crippen molar-refractivity contribution in [3.8, 4) is 0 Å². The summed E-state index contributed by atoms with van der Waals surface area (Å²) in [7, 11) is 0. The number of anilines is 2. The number of carbonyl (C=O) groups excluding carboxylic acids is 2. The van der Waals surface area contributed by atoms with Gasteiger partial charge in [-0.1, -0.05) is 41.9 Å². The molecule has 3 aromatic rings. The van der Waals surface area contributed by atoms with Gasteiger partial charge in [0.1, 0.15) is 5.02 Å². The minimum atomic E-state index is -0.683. The molecule has 0 atom stereocenters. The Morgan fingerprint density at radius 1 is 0.903 bits per heavy atom. The average molecular weight is 455 g/mol. The van der Waals surface area contributed by atoms with Crippen molar-refractivity contribution in [3.63, 3.8) is 0 Å². The molecule has 0 fully saturated rings.